The van der Waals surface area contributed by atoms with Gasteiger partial charge in [-0.3, -0.25) is 0 Å². The molecule has 1 aromatic carbocycles. The zero-order valence-corrected chi connectivity index (χ0v) is 12.2. The quantitative estimate of drug-likeness (QED) is 0.863. The number of benzene rings is 1. The van der Waals surface area contributed by atoms with Crippen LogP contribution in [0.2, 0.25) is 0 Å². The number of rotatable bonds is 3. The zero-order valence-electron chi connectivity index (χ0n) is 12.2. The van der Waals surface area contributed by atoms with Crippen LogP contribution in [-0.2, 0) is 11.3 Å². The summed E-state index contributed by atoms with van der Waals surface area (Å²) >= 11 is 0. The minimum Gasteiger partial charge on any atom is -0.445 e. The molecular formula is C15H17F4NO3. The van der Waals surface area contributed by atoms with Crippen LogP contribution in [0, 0.1) is 5.92 Å². The molecule has 1 N–H and O–H groups in total. The first kappa shape index (κ1) is 17.5. The van der Waals surface area contributed by atoms with Gasteiger partial charge >= 0.3 is 18.1 Å². The number of halogens is 4. The summed E-state index contributed by atoms with van der Waals surface area (Å²) in [6, 6.07) is 8.93. The molecule has 4 nitrogen and oxygen atoms in total. The number of hydrogen-bond acceptors (Lipinski definition) is 3. The van der Waals surface area contributed by atoms with E-state index >= 15 is 0 Å². The van der Waals surface area contributed by atoms with Gasteiger partial charge in [0.25, 0.3) is 0 Å². The van der Waals surface area contributed by atoms with Crippen molar-refractivity contribution in [3.05, 3.63) is 35.9 Å². The molecule has 1 aromatic rings. The second kappa shape index (κ2) is 6.74. The van der Waals surface area contributed by atoms with E-state index in [-0.39, 0.29) is 32.5 Å². The summed E-state index contributed by atoms with van der Waals surface area (Å²) < 4.78 is 55.9. The van der Waals surface area contributed by atoms with Crippen molar-refractivity contribution in [2.24, 2.45) is 5.92 Å². The van der Waals surface area contributed by atoms with E-state index in [4.69, 9.17) is 9.84 Å². The first-order chi connectivity index (χ1) is 10.7. The number of hydrogen-bond donors (Lipinski definition) is 1. The van der Waals surface area contributed by atoms with E-state index in [9.17, 15) is 22.4 Å². The van der Waals surface area contributed by atoms with E-state index < -0.39 is 24.0 Å². The number of carbonyl (C=O) groups is 1. The molecule has 2 rings (SSSR count). The van der Waals surface area contributed by atoms with Gasteiger partial charge in [-0.15, -0.1) is 0 Å². The fraction of sp³-hybridized carbons (Fsp3) is 0.533. The Morgan fingerprint density at radius 1 is 1.17 bits per heavy atom. The van der Waals surface area contributed by atoms with Crippen LogP contribution in [0.25, 0.3) is 0 Å². The number of likely N-dealkylation sites (tertiary alicyclic amines) is 1. The Morgan fingerprint density at radius 3 is 2.26 bits per heavy atom. The second-order valence-corrected chi connectivity index (χ2v) is 5.47. The Bertz CT molecular complexity index is 525. The van der Waals surface area contributed by atoms with Gasteiger partial charge in [0.05, 0.1) is 0 Å². The van der Waals surface area contributed by atoms with Gasteiger partial charge in [0.1, 0.15) is 6.61 Å². The summed E-state index contributed by atoms with van der Waals surface area (Å²) in [5.41, 5.74) is 0.783. The average Bonchev–Trinajstić information content (AvgIpc) is 2.52. The molecule has 0 aliphatic carbocycles. The summed E-state index contributed by atoms with van der Waals surface area (Å²) in [7, 11) is 0. The van der Waals surface area contributed by atoms with Crippen LogP contribution in [0.5, 0.6) is 0 Å². The normalized spacial score (nSPS) is 19.3. The molecule has 1 amide bonds. The van der Waals surface area contributed by atoms with E-state index in [1.54, 1.807) is 24.3 Å². The molecule has 1 atom stereocenters. The largest absolute Gasteiger partial charge is 0.448 e. The van der Waals surface area contributed by atoms with Crippen molar-refractivity contribution in [1.82, 2.24) is 4.90 Å². The van der Waals surface area contributed by atoms with E-state index in [2.05, 4.69) is 0 Å². The van der Waals surface area contributed by atoms with Crippen LogP contribution < -0.4 is 0 Å². The van der Waals surface area contributed by atoms with Gasteiger partial charge in [0.15, 0.2) is 0 Å². The van der Waals surface area contributed by atoms with Crippen molar-refractivity contribution in [3.63, 3.8) is 0 Å². The fourth-order valence-corrected chi connectivity index (χ4v) is 2.49. The maximum Gasteiger partial charge on any atom is 0.448 e. The van der Waals surface area contributed by atoms with Crippen molar-refractivity contribution in [2.45, 2.75) is 31.5 Å². The number of aliphatic hydroxyl groups is 1. The van der Waals surface area contributed by atoms with Crippen molar-refractivity contribution >= 4 is 6.09 Å². The molecule has 0 bridgehead atoms. The lowest BCUT2D eigenvalue weighted by Gasteiger charge is -2.37. The lowest BCUT2D eigenvalue weighted by molar-refractivity contribution is -0.339. The van der Waals surface area contributed by atoms with E-state index in [0.717, 1.165) is 5.56 Å². The van der Waals surface area contributed by atoms with Gasteiger partial charge in [-0.2, -0.15) is 13.2 Å². The number of ether oxygens (including phenoxy) is 1. The molecule has 1 aliphatic rings. The Kier molecular flexibility index (Phi) is 5.13. The highest BCUT2D eigenvalue weighted by Crippen LogP contribution is 2.41. The van der Waals surface area contributed by atoms with Crippen molar-refractivity contribution in [3.8, 4) is 0 Å². The molecule has 1 unspecified atom stereocenters. The van der Waals surface area contributed by atoms with E-state index in [0.29, 0.717) is 0 Å². The molecular weight excluding hydrogens is 318 g/mol. The average molecular weight is 335 g/mol. The molecule has 23 heavy (non-hydrogen) atoms. The highest BCUT2D eigenvalue weighted by atomic mass is 19.4. The smallest absolute Gasteiger partial charge is 0.445 e. The SMILES string of the molecule is O=C(OCc1ccccc1)N1CCC(C(O)(F)C(F)(F)F)CC1. The molecule has 1 fully saturated rings. The lowest BCUT2D eigenvalue weighted by Crippen LogP contribution is -2.52. The Balaban J connectivity index is 1.83. The molecule has 0 radical (unpaired) electrons. The monoisotopic (exact) mass is 335 g/mol. The van der Waals surface area contributed by atoms with Crippen LogP contribution in [0.3, 0.4) is 0 Å². The van der Waals surface area contributed by atoms with Gasteiger partial charge in [-0.25, -0.2) is 9.18 Å². The van der Waals surface area contributed by atoms with Crippen molar-refractivity contribution < 1.29 is 32.2 Å². The highest BCUT2D eigenvalue weighted by Gasteiger charge is 2.60. The molecule has 128 valence electrons. The third-order valence-corrected chi connectivity index (χ3v) is 3.90. The molecule has 1 saturated heterocycles. The number of alkyl halides is 4. The van der Waals surface area contributed by atoms with Crippen LogP contribution in [0.4, 0.5) is 22.4 Å². The van der Waals surface area contributed by atoms with Crippen molar-refractivity contribution in [1.29, 1.82) is 0 Å². The molecule has 1 aliphatic heterocycles. The molecule has 0 saturated carbocycles. The third kappa shape index (κ3) is 4.13. The number of amides is 1. The van der Waals surface area contributed by atoms with Crippen LogP contribution in [0.1, 0.15) is 18.4 Å². The molecule has 1 heterocycles. The maximum atomic E-state index is 13.5. The number of carbonyl (C=O) groups excluding carboxylic acids is 1. The Morgan fingerprint density at radius 2 is 1.74 bits per heavy atom. The van der Waals surface area contributed by atoms with E-state index in [1.807, 2.05) is 6.07 Å². The van der Waals surface area contributed by atoms with Crippen molar-refractivity contribution in [2.75, 3.05) is 13.1 Å². The minimum atomic E-state index is -5.34. The minimum absolute atomic E-state index is 0.0508. The predicted octanol–water partition coefficient (Wildman–Crippen LogP) is 3.26. The van der Waals surface area contributed by atoms with E-state index in [1.165, 1.54) is 4.90 Å². The lowest BCUT2D eigenvalue weighted by atomic mass is 9.89. The van der Waals surface area contributed by atoms with Gasteiger partial charge in [0, 0.05) is 19.0 Å². The highest BCUT2D eigenvalue weighted by molar-refractivity contribution is 5.67. The van der Waals surface area contributed by atoms with Crippen LogP contribution in [-0.4, -0.2) is 41.2 Å². The van der Waals surface area contributed by atoms with Gasteiger partial charge < -0.3 is 14.7 Å². The number of nitrogens with zero attached hydrogens (tertiary/aromatic N) is 1. The molecule has 8 heteroatoms. The van der Waals surface area contributed by atoms with Crippen LogP contribution in [0.15, 0.2) is 30.3 Å². The third-order valence-electron chi connectivity index (χ3n) is 3.90. The standard InChI is InChI=1S/C15H17F4NO3/c16-14(22,15(17,18)19)12-6-8-20(9-7-12)13(21)23-10-11-4-2-1-3-5-11/h1-5,12,22H,6-10H2. The summed E-state index contributed by atoms with van der Waals surface area (Å²) in [4.78, 5) is 13.1. The molecule has 0 spiro atoms. The summed E-state index contributed by atoms with van der Waals surface area (Å²) in [5, 5.41) is 9.03. The Hall–Kier alpha value is -1.83. The molecule has 0 aromatic heterocycles. The predicted molar refractivity (Wildman–Crippen MR) is 73.0 cm³/mol. The Labute approximate surface area is 130 Å². The van der Waals surface area contributed by atoms with Gasteiger partial charge in [0.2, 0.25) is 0 Å². The zero-order chi connectivity index (χ0) is 17.1. The summed E-state index contributed by atoms with van der Waals surface area (Å²) in [6.45, 7) is -0.142. The van der Waals surface area contributed by atoms with Gasteiger partial charge in [-0.05, 0) is 18.4 Å². The number of piperidine rings is 1. The first-order valence-corrected chi connectivity index (χ1v) is 7.15. The van der Waals surface area contributed by atoms with Crippen LogP contribution >= 0.6 is 0 Å². The summed E-state index contributed by atoms with van der Waals surface area (Å²) in [5.74, 6) is -5.81. The topological polar surface area (TPSA) is 49.8 Å². The fourth-order valence-electron chi connectivity index (χ4n) is 2.49. The summed E-state index contributed by atoms with van der Waals surface area (Å²) in [6.07, 6.45) is -6.57. The van der Waals surface area contributed by atoms with Gasteiger partial charge in [-0.1, -0.05) is 30.3 Å². The second-order valence-electron chi connectivity index (χ2n) is 5.47. The maximum absolute atomic E-state index is 13.5. The first-order valence-electron chi connectivity index (χ1n) is 7.15.